The molecule has 1 amide bonds. The second-order valence-corrected chi connectivity index (χ2v) is 6.30. The van der Waals surface area contributed by atoms with Crippen LogP contribution in [0, 0.1) is 0 Å². The number of halogens is 1. The summed E-state index contributed by atoms with van der Waals surface area (Å²) in [7, 11) is 0. The third-order valence-corrected chi connectivity index (χ3v) is 3.21. The number of amides is 1. The lowest BCUT2D eigenvalue weighted by Crippen LogP contribution is -2.47. The predicted octanol–water partition coefficient (Wildman–Crippen LogP) is 3.53. The third kappa shape index (κ3) is 3.02. The first-order valence-corrected chi connectivity index (χ1v) is 6.77. The van der Waals surface area contributed by atoms with Gasteiger partial charge in [-0.2, -0.15) is 0 Å². The van der Waals surface area contributed by atoms with Crippen LogP contribution >= 0.6 is 15.9 Å². The Morgan fingerprint density at radius 1 is 1.50 bits per heavy atom. The van der Waals surface area contributed by atoms with Gasteiger partial charge in [-0.15, -0.1) is 0 Å². The maximum Gasteiger partial charge on any atom is 0.410 e. The standard InChI is InChI=1S/C13H17BrN2O2/c1-13(2,3)18-12(17)16-7-6-11(16)10-5-4-9(14)8-15-10/h4-5,8,11H,6-7H2,1-3H3. The minimum absolute atomic E-state index is 0.0490. The second kappa shape index (κ2) is 4.88. The van der Waals surface area contributed by atoms with E-state index in [1.165, 1.54) is 0 Å². The van der Waals surface area contributed by atoms with Crippen LogP contribution in [0.5, 0.6) is 0 Å². The van der Waals surface area contributed by atoms with Crippen LogP contribution in [0.4, 0.5) is 4.79 Å². The predicted molar refractivity (Wildman–Crippen MR) is 72.2 cm³/mol. The molecule has 1 aromatic heterocycles. The van der Waals surface area contributed by atoms with E-state index in [0.717, 1.165) is 23.1 Å². The molecule has 4 nitrogen and oxygen atoms in total. The molecule has 98 valence electrons. The molecule has 1 unspecified atom stereocenters. The topological polar surface area (TPSA) is 42.4 Å². The Kier molecular flexibility index (Phi) is 3.61. The van der Waals surface area contributed by atoms with Crippen LogP contribution < -0.4 is 0 Å². The molecule has 0 aliphatic carbocycles. The summed E-state index contributed by atoms with van der Waals surface area (Å²) in [4.78, 5) is 18.0. The molecule has 1 fully saturated rings. The summed E-state index contributed by atoms with van der Waals surface area (Å²) < 4.78 is 6.31. The van der Waals surface area contributed by atoms with E-state index >= 15 is 0 Å². The van der Waals surface area contributed by atoms with Gasteiger partial charge < -0.3 is 4.74 Å². The first-order chi connectivity index (χ1) is 8.37. The molecule has 5 heteroatoms. The van der Waals surface area contributed by atoms with E-state index in [-0.39, 0.29) is 12.1 Å². The molecule has 18 heavy (non-hydrogen) atoms. The van der Waals surface area contributed by atoms with Gasteiger partial charge >= 0.3 is 6.09 Å². The Morgan fingerprint density at radius 3 is 2.67 bits per heavy atom. The van der Waals surface area contributed by atoms with Gasteiger partial charge in [0.25, 0.3) is 0 Å². The fourth-order valence-electron chi connectivity index (χ4n) is 1.82. The van der Waals surface area contributed by atoms with Gasteiger partial charge in [-0.3, -0.25) is 9.88 Å². The van der Waals surface area contributed by atoms with Crippen molar-refractivity contribution in [2.24, 2.45) is 0 Å². The molecular formula is C13H17BrN2O2. The van der Waals surface area contributed by atoms with Crippen LogP contribution in [0.2, 0.25) is 0 Å². The minimum Gasteiger partial charge on any atom is -0.444 e. The normalized spacial score (nSPS) is 19.3. The lowest BCUT2D eigenvalue weighted by atomic mass is 10.00. The molecule has 1 aromatic rings. The van der Waals surface area contributed by atoms with Crippen LogP contribution in [-0.2, 0) is 4.74 Å². The van der Waals surface area contributed by atoms with E-state index in [0.29, 0.717) is 0 Å². The Hall–Kier alpha value is -1.10. The number of rotatable bonds is 1. The number of hydrogen-bond acceptors (Lipinski definition) is 3. The fourth-order valence-corrected chi connectivity index (χ4v) is 2.05. The van der Waals surface area contributed by atoms with Gasteiger partial charge in [-0.1, -0.05) is 0 Å². The number of aromatic nitrogens is 1. The van der Waals surface area contributed by atoms with Crippen molar-refractivity contribution in [1.29, 1.82) is 0 Å². The smallest absolute Gasteiger partial charge is 0.410 e. The van der Waals surface area contributed by atoms with Crippen LogP contribution in [0.1, 0.15) is 38.9 Å². The summed E-state index contributed by atoms with van der Waals surface area (Å²) in [6, 6.07) is 3.92. The van der Waals surface area contributed by atoms with Gasteiger partial charge in [-0.25, -0.2) is 4.79 Å². The second-order valence-electron chi connectivity index (χ2n) is 5.38. The highest BCUT2D eigenvalue weighted by Gasteiger charge is 2.36. The van der Waals surface area contributed by atoms with E-state index < -0.39 is 5.60 Å². The maximum atomic E-state index is 12.0. The molecule has 2 heterocycles. The van der Waals surface area contributed by atoms with Crippen molar-refractivity contribution < 1.29 is 9.53 Å². The molecular weight excluding hydrogens is 296 g/mol. The van der Waals surface area contributed by atoms with Crippen molar-refractivity contribution in [2.45, 2.75) is 38.8 Å². The largest absolute Gasteiger partial charge is 0.444 e. The van der Waals surface area contributed by atoms with Crippen molar-refractivity contribution in [3.05, 3.63) is 28.5 Å². The van der Waals surface area contributed by atoms with Gasteiger partial charge in [0, 0.05) is 17.2 Å². The molecule has 1 atom stereocenters. The molecule has 0 N–H and O–H groups in total. The molecule has 1 aliphatic heterocycles. The third-order valence-electron chi connectivity index (χ3n) is 2.74. The number of ether oxygens (including phenoxy) is 1. The summed E-state index contributed by atoms with van der Waals surface area (Å²) in [5.41, 5.74) is 0.458. The van der Waals surface area contributed by atoms with Crippen LogP contribution in [0.3, 0.4) is 0 Å². The van der Waals surface area contributed by atoms with E-state index in [2.05, 4.69) is 20.9 Å². The molecule has 0 spiro atoms. The Bertz CT molecular complexity index is 439. The van der Waals surface area contributed by atoms with Crippen LogP contribution in [0.15, 0.2) is 22.8 Å². The zero-order chi connectivity index (χ0) is 13.3. The van der Waals surface area contributed by atoms with Crippen molar-refractivity contribution >= 4 is 22.0 Å². The van der Waals surface area contributed by atoms with Gasteiger partial charge in [0.1, 0.15) is 5.60 Å². The average Bonchev–Trinajstić information content (AvgIpc) is 2.16. The highest BCUT2D eigenvalue weighted by molar-refractivity contribution is 9.10. The molecule has 1 aliphatic rings. The number of carbonyl (C=O) groups is 1. The Balaban J connectivity index is 2.04. The lowest BCUT2D eigenvalue weighted by Gasteiger charge is -2.40. The number of nitrogens with zero attached hydrogens (tertiary/aromatic N) is 2. The van der Waals surface area contributed by atoms with Crippen molar-refractivity contribution in [2.75, 3.05) is 6.54 Å². The highest BCUT2D eigenvalue weighted by Crippen LogP contribution is 2.33. The molecule has 0 aromatic carbocycles. The van der Waals surface area contributed by atoms with Crippen molar-refractivity contribution in [1.82, 2.24) is 9.88 Å². The quantitative estimate of drug-likeness (QED) is 0.796. The Morgan fingerprint density at radius 2 is 2.22 bits per heavy atom. The van der Waals surface area contributed by atoms with Gasteiger partial charge in [0.2, 0.25) is 0 Å². The SMILES string of the molecule is CC(C)(C)OC(=O)N1CCC1c1ccc(Br)cn1. The number of likely N-dealkylation sites (tertiary alicyclic amines) is 1. The summed E-state index contributed by atoms with van der Waals surface area (Å²) in [5.74, 6) is 0. The lowest BCUT2D eigenvalue weighted by molar-refractivity contribution is -0.00652. The molecule has 2 rings (SSSR count). The number of carbonyl (C=O) groups excluding carboxylic acids is 1. The summed E-state index contributed by atoms with van der Waals surface area (Å²) >= 11 is 3.35. The van der Waals surface area contributed by atoms with Gasteiger partial charge in [-0.05, 0) is 55.3 Å². The average molecular weight is 313 g/mol. The van der Waals surface area contributed by atoms with Gasteiger partial charge in [0.05, 0.1) is 11.7 Å². The highest BCUT2D eigenvalue weighted by atomic mass is 79.9. The minimum atomic E-state index is -0.454. The zero-order valence-corrected chi connectivity index (χ0v) is 12.4. The van der Waals surface area contributed by atoms with E-state index in [1.54, 1.807) is 11.1 Å². The summed E-state index contributed by atoms with van der Waals surface area (Å²) in [6.07, 6.45) is 2.43. The van der Waals surface area contributed by atoms with Crippen molar-refractivity contribution in [3.8, 4) is 0 Å². The van der Waals surface area contributed by atoms with Gasteiger partial charge in [0.15, 0.2) is 0 Å². The van der Waals surface area contributed by atoms with E-state index in [9.17, 15) is 4.79 Å². The summed E-state index contributed by atoms with van der Waals surface area (Å²) in [5, 5.41) is 0. The molecule has 0 radical (unpaired) electrons. The monoisotopic (exact) mass is 312 g/mol. The van der Waals surface area contributed by atoms with E-state index in [1.807, 2.05) is 32.9 Å². The van der Waals surface area contributed by atoms with E-state index in [4.69, 9.17) is 4.74 Å². The molecule has 0 saturated carbocycles. The first-order valence-electron chi connectivity index (χ1n) is 5.98. The van der Waals surface area contributed by atoms with Crippen molar-refractivity contribution in [3.63, 3.8) is 0 Å². The Labute approximate surface area is 115 Å². The number of hydrogen-bond donors (Lipinski definition) is 0. The number of pyridine rings is 1. The maximum absolute atomic E-state index is 12.0. The first kappa shape index (κ1) is 13.3. The summed E-state index contributed by atoms with van der Waals surface area (Å²) in [6.45, 7) is 6.35. The molecule has 0 bridgehead atoms. The van der Waals surface area contributed by atoms with Crippen LogP contribution in [-0.4, -0.2) is 28.1 Å². The van der Waals surface area contributed by atoms with Crippen LogP contribution in [0.25, 0.3) is 0 Å². The molecule has 1 saturated heterocycles. The fraction of sp³-hybridized carbons (Fsp3) is 0.538. The zero-order valence-electron chi connectivity index (χ0n) is 10.8.